The van der Waals surface area contributed by atoms with Crippen LogP contribution in [0.4, 0.5) is 0 Å². The van der Waals surface area contributed by atoms with Crippen LogP contribution in [0.2, 0.25) is 0 Å². The van der Waals surface area contributed by atoms with Crippen molar-refractivity contribution in [3.63, 3.8) is 0 Å². The number of hydrogen-bond donors (Lipinski definition) is 0. The fraction of sp³-hybridized carbons (Fsp3) is 0.727. The summed E-state index contributed by atoms with van der Waals surface area (Å²) in [6.45, 7) is 15.0. The van der Waals surface area contributed by atoms with Crippen molar-refractivity contribution in [2.24, 2.45) is 4.99 Å². The predicted octanol–water partition coefficient (Wildman–Crippen LogP) is 4.10. The lowest BCUT2D eigenvalue weighted by Crippen LogP contribution is -1.76. The molecule has 0 saturated heterocycles. The third-order valence-electron chi connectivity index (χ3n) is 0.933. The van der Waals surface area contributed by atoms with Gasteiger partial charge in [0.2, 0.25) is 0 Å². The quantitative estimate of drug-likeness (QED) is 0.555. The van der Waals surface area contributed by atoms with E-state index < -0.39 is 0 Å². The van der Waals surface area contributed by atoms with Gasteiger partial charge in [0.15, 0.2) is 0 Å². The minimum atomic E-state index is 0.880. The molecule has 0 N–H and O–H groups in total. The highest BCUT2D eigenvalue weighted by Gasteiger charge is 1.73. The highest BCUT2D eigenvalue weighted by molar-refractivity contribution is 5.77. The Balaban J connectivity index is -0.000000175. The van der Waals surface area contributed by atoms with Crippen molar-refractivity contribution in [2.75, 3.05) is 6.54 Å². The second-order valence-corrected chi connectivity index (χ2v) is 1.66. The summed E-state index contributed by atoms with van der Waals surface area (Å²) in [7, 11) is 0. The minimum Gasteiger partial charge on any atom is -0.293 e. The molecule has 0 aromatic heterocycles. The third-order valence-corrected chi connectivity index (χ3v) is 0.933. The number of nitrogens with zero attached hydrogens (tertiary/aromatic N) is 1. The topological polar surface area (TPSA) is 12.4 Å². The molecule has 0 heterocycles. The molecule has 0 aromatic carbocycles. The summed E-state index contributed by atoms with van der Waals surface area (Å²) in [4.78, 5) is 4.05. The van der Waals surface area contributed by atoms with E-state index in [1.807, 2.05) is 60.8 Å². The summed E-state index contributed by atoms with van der Waals surface area (Å²) in [6.07, 6.45) is 3.93. The van der Waals surface area contributed by atoms with Crippen LogP contribution in [0.25, 0.3) is 0 Å². The van der Waals surface area contributed by atoms with Crippen molar-refractivity contribution in [1.82, 2.24) is 0 Å². The highest BCUT2D eigenvalue weighted by atomic mass is 14.7. The van der Waals surface area contributed by atoms with Crippen LogP contribution in [-0.4, -0.2) is 12.8 Å². The second kappa shape index (κ2) is 22.4. The van der Waals surface area contributed by atoms with Gasteiger partial charge in [0.25, 0.3) is 0 Å². The standard InChI is InChI=1S/C7H13N.2C2H6/c1-4-7(3)6-8-5-2;2*1-2/h4,6H,5H2,1-3H3;2*1-2H3/b7-4-,8-6?;;. The first-order valence-corrected chi connectivity index (χ1v) is 4.94. The van der Waals surface area contributed by atoms with E-state index in [2.05, 4.69) is 4.99 Å². The Morgan fingerprint density at radius 1 is 1.17 bits per heavy atom. The van der Waals surface area contributed by atoms with Crippen LogP contribution in [0, 0.1) is 0 Å². The van der Waals surface area contributed by atoms with Gasteiger partial charge >= 0.3 is 0 Å². The molecule has 0 aromatic rings. The molecule has 0 aliphatic heterocycles. The average Bonchev–Trinajstić information content (AvgIpc) is 2.20. The van der Waals surface area contributed by atoms with Crippen LogP contribution < -0.4 is 0 Å². The Morgan fingerprint density at radius 2 is 1.58 bits per heavy atom. The second-order valence-electron chi connectivity index (χ2n) is 1.66. The molecular formula is C11H25N. The van der Waals surface area contributed by atoms with Gasteiger partial charge in [-0.2, -0.15) is 0 Å². The van der Waals surface area contributed by atoms with Gasteiger partial charge < -0.3 is 0 Å². The first-order valence-electron chi connectivity index (χ1n) is 4.94. The van der Waals surface area contributed by atoms with Crippen molar-refractivity contribution >= 4 is 6.21 Å². The van der Waals surface area contributed by atoms with Crippen molar-refractivity contribution in [3.05, 3.63) is 11.6 Å². The van der Waals surface area contributed by atoms with Gasteiger partial charge in [0.05, 0.1) is 0 Å². The molecule has 0 aliphatic carbocycles. The summed E-state index contributed by atoms with van der Waals surface area (Å²) in [5, 5.41) is 0. The third kappa shape index (κ3) is 22.7. The molecule has 0 rings (SSSR count). The van der Waals surface area contributed by atoms with E-state index in [-0.39, 0.29) is 0 Å². The van der Waals surface area contributed by atoms with Gasteiger partial charge in [0, 0.05) is 12.8 Å². The maximum Gasteiger partial charge on any atom is 0.0361 e. The molecule has 12 heavy (non-hydrogen) atoms. The van der Waals surface area contributed by atoms with Crippen LogP contribution >= 0.6 is 0 Å². The zero-order chi connectivity index (χ0) is 10.4. The van der Waals surface area contributed by atoms with Crippen LogP contribution in [-0.2, 0) is 0 Å². The van der Waals surface area contributed by atoms with E-state index in [9.17, 15) is 0 Å². The van der Waals surface area contributed by atoms with Crippen LogP contribution in [0.1, 0.15) is 48.5 Å². The van der Waals surface area contributed by atoms with E-state index in [4.69, 9.17) is 0 Å². The SMILES string of the molecule is C/C=C(/C)C=NCC.CC.CC. The Bertz CT molecular complexity index is 102. The van der Waals surface area contributed by atoms with Gasteiger partial charge in [-0.1, -0.05) is 33.8 Å². The van der Waals surface area contributed by atoms with Crippen molar-refractivity contribution in [1.29, 1.82) is 0 Å². The van der Waals surface area contributed by atoms with Crippen LogP contribution in [0.5, 0.6) is 0 Å². The summed E-state index contributed by atoms with van der Waals surface area (Å²) in [5.41, 5.74) is 1.23. The molecule has 0 fully saturated rings. The van der Waals surface area contributed by atoms with Crippen molar-refractivity contribution in [2.45, 2.75) is 48.5 Å². The first kappa shape index (κ1) is 17.5. The Hall–Kier alpha value is -0.590. The zero-order valence-electron chi connectivity index (χ0n) is 9.81. The highest BCUT2D eigenvalue weighted by Crippen LogP contribution is 1.84. The maximum absolute atomic E-state index is 4.05. The monoisotopic (exact) mass is 171 g/mol. The van der Waals surface area contributed by atoms with Crippen LogP contribution in [0.3, 0.4) is 0 Å². The molecule has 0 bridgehead atoms. The van der Waals surface area contributed by atoms with E-state index in [1.54, 1.807) is 0 Å². The fourth-order valence-electron chi connectivity index (χ4n) is 0.310. The Morgan fingerprint density at radius 3 is 1.83 bits per heavy atom. The number of hydrogen-bond acceptors (Lipinski definition) is 1. The largest absolute Gasteiger partial charge is 0.293 e. The summed E-state index contributed by atoms with van der Waals surface area (Å²) < 4.78 is 0. The first-order chi connectivity index (χ1) is 5.81. The van der Waals surface area contributed by atoms with Gasteiger partial charge in [-0.05, 0) is 26.3 Å². The van der Waals surface area contributed by atoms with Gasteiger partial charge in [-0.3, -0.25) is 4.99 Å². The van der Waals surface area contributed by atoms with Crippen molar-refractivity contribution < 1.29 is 0 Å². The molecule has 1 heteroatoms. The fourth-order valence-corrected chi connectivity index (χ4v) is 0.310. The Kier molecular flexibility index (Phi) is 32.7. The smallest absolute Gasteiger partial charge is 0.0361 e. The lowest BCUT2D eigenvalue weighted by Gasteiger charge is -1.83. The molecule has 0 spiro atoms. The van der Waals surface area contributed by atoms with Gasteiger partial charge in [0.1, 0.15) is 0 Å². The molecule has 0 aliphatic rings. The number of allylic oxidation sites excluding steroid dienone is 2. The van der Waals surface area contributed by atoms with Gasteiger partial charge in [-0.15, -0.1) is 0 Å². The Labute approximate surface area is 78.6 Å². The number of aliphatic imine (C=N–C) groups is 1. The average molecular weight is 171 g/mol. The van der Waals surface area contributed by atoms with E-state index in [1.165, 1.54) is 5.57 Å². The van der Waals surface area contributed by atoms with E-state index in [0.717, 1.165) is 6.54 Å². The van der Waals surface area contributed by atoms with E-state index in [0.29, 0.717) is 0 Å². The van der Waals surface area contributed by atoms with E-state index >= 15 is 0 Å². The minimum absolute atomic E-state index is 0.880. The molecular weight excluding hydrogens is 146 g/mol. The summed E-state index contributed by atoms with van der Waals surface area (Å²) in [5.74, 6) is 0. The summed E-state index contributed by atoms with van der Waals surface area (Å²) in [6, 6.07) is 0. The molecule has 0 atom stereocenters. The van der Waals surface area contributed by atoms with Crippen molar-refractivity contribution in [3.8, 4) is 0 Å². The molecule has 0 saturated carbocycles. The van der Waals surface area contributed by atoms with Crippen LogP contribution in [0.15, 0.2) is 16.6 Å². The summed E-state index contributed by atoms with van der Waals surface area (Å²) >= 11 is 0. The lowest BCUT2D eigenvalue weighted by molar-refractivity contribution is 1.14. The number of rotatable bonds is 2. The normalized spacial score (nSPS) is 9.75. The predicted molar refractivity (Wildman–Crippen MR) is 61.2 cm³/mol. The zero-order valence-corrected chi connectivity index (χ0v) is 9.81. The molecule has 0 unspecified atom stereocenters. The lowest BCUT2D eigenvalue weighted by atomic mass is 10.3. The molecule has 74 valence electrons. The molecule has 0 radical (unpaired) electrons. The molecule has 0 amide bonds. The van der Waals surface area contributed by atoms with Gasteiger partial charge in [-0.25, -0.2) is 0 Å². The molecule has 1 nitrogen and oxygen atoms in total. The maximum atomic E-state index is 4.05.